The van der Waals surface area contributed by atoms with Gasteiger partial charge in [0.2, 0.25) is 0 Å². The van der Waals surface area contributed by atoms with Gasteiger partial charge < -0.3 is 10.4 Å². The first kappa shape index (κ1) is 18.0. The lowest BCUT2D eigenvalue weighted by molar-refractivity contribution is -0.139. The minimum absolute atomic E-state index is 0.288. The second kappa shape index (κ2) is 8.52. The maximum absolute atomic E-state index is 12.0. The van der Waals surface area contributed by atoms with E-state index in [1.807, 2.05) is 30.3 Å². The number of nitrogens with one attached hydrogen (secondary N) is 1. The minimum Gasteiger partial charge on any atom is -0.480 e. The molecule has 0 radical (unpaired) electrons. The Morgan fingerprint density at radius 3 is 2.42 bits per heavy atom. The highest BCUT2D eigenvalue weighted by molar-refractivity contribution is 6.42. The molecule has 2 aromatic rings. The summed E-state index contributed by atoms with van der Waals surface area (Å²) in [5.74, 6) is -1.30. The highest BCUT2D eigenvalue weighted by Crippen LogP contribution is 2.22. The largest absolute Gasteiger partial charge is 0.480 e. The number of allylic oxidation sites excluding steroid dienone is 1. The Morgan fingerprint density at radius 1 is 1.08 bits per heavy atom. The van der Waals surface area contributed by atoms with Crippen molar-refractivity contribution in [3.05, 3.63) is 82.0 Å². The molecule has 0 bridgehead atoms. The van der Waals surface area contributed by atoms with E-state index >= 15 is 0 Å². The Bertz CT molecular complexity index is 760. The monoisotopic (exact) mass is 363 g/mol. The van der Waals surface area contributed by atoms with Gasteiger partial charge in [-0.1, -0.05) is 53.5 Å². The Hall–Kier alpha value is -2.30. The van der Waals surface area contributed by atoms with Crippen LogP contribution in [-0.2, 0) is 11.2 Å². The summed E-state index contributed by atoms with van der Waals surface area (Å²) in [7, 11) is 0. The third-order valence-corrected chi connectivity index (χ3v) is 4.06. The Morgan fingerprint density at radius 2 is 1.79 bits per heavy atom. The molecule has 0 aromatic heterocycles. The van der Waals surface area contributed by atoms with Crippen molar-refractivity contribution in [2.75, 3.05) is 0 Å². The van der Waals surface area contributed by atoms with Crippen molar-refractivity contribution < 1.29 is 14.7 Å². The first-order valence-corrected chi connectivity index (χ1v) is 7.91. The third kappa shape index (κ3) is 5.11. The van der Waals surface area contributed by atoms with Gasteiger partial charge in [0.15, 0.2) is 5.78 Å². The van der Waals surface area contributed by atoms with Crippen molar-refractivity contribution >= 4 is 35.0 Å². The highest BCUT2D eigenvalue weighted by atomic mass is 35.5. The Kier molecular flexibility index (Phi) is 6.41. The van der Waals surface area contributed by atoms with E-state index in [4.69, 9.17) is 23.2 Å². The lowest BCUT2D eigenvalue weighted by Crippen LogP contribution is -2.35. The van der Waals surface area contributed by atoms with Gasteiger partial charge in [-0.15, -0.1) is 0 Å². The molecule has 4 nitrogen and oxygen atoms in total. The van der Waals surface area contributed by atoms with Crippen molar-refractivity contribution in [1.82, 2.24) is 5.32 Å². The molecule has 0 heterocycles. The summed E-state index contributed by atoms with van der Waals surface area (Å²) in [5.41, 5.74) is 1.26. The third-order valence-electron chi connectivity index (χ3n) is 3.32. The molecule has 6 heteroatoms. The van der Waals surface area contributed by atoms with Gasteiger partial charge in [-0.25, -0.2) is 4.79 Å². The number of carbonyl (C=O) groups is 2. The zero-order chi connectivity index (χ0) is 17.5. The zero-order valence-corrected chi connectivity index (χ0v) is 14.1. The summed E-state index contributed by atoms with van der Waals surface area (Å²) in [6.07, 6.45) is 2.91. The van der Waals surface area contributed by atoms with Crippen LogP contribution >= 0.6 is 23.2 Å². The van der Waals surface area contributed by atoms with Crippen LogP contribution in [0.3, 0.4) is 0 Å². The Balaban J connectivity index is 2.00. The molecule has 2 aromatic carbocycles. The molecule has 1 atom stereocenters. The number of hydrogen-bond acceptors (Lipinski definition) is 3. The van der Waals surface area contributed by atoms with Crippen molar-refractivity contribution in [2.24, 2.45) is 0 Å². The summed E-state index contributed by atoms with van der Waals surface area (Å²) >= 11 is 11.7. The molecule has 0 unspecified atom stereocenters. The molecule has 124 valence electrons. The standard InChI is InChI=1S/C18H15Cl2NO3/c19-14-7-6-13(11-15(14)20)17(22)8-9-21-16(18(23)24)10-12-4-2-1-3-5-12/h1-9,11,16,21H,10H2,(H,23,24)/b9-8-/t16-/m1/s1. The fourth-order valence-electron chi connectivity index (χ4n) is 2.05. The smallest absolute Gasteiger partial charge is 0.326 e. The number of ketones is 1. The SMILES string of the molecule is O=C(/C=C\N[C@H](Cc1ccccc1)C(=O)O)c1ccc(Cl)c(Cl)c1. The van der Waals surface area contributed by atoms with Crippen LogP contribution in [-0.4, -0.2) is 22.9 Å². The molecule has 0 fully saturated rings. The molecular weight excluding hydrogens is 349 g/mol. The maximum Gasteiger partial charge on any atom is 0.326 e. The van der Waals surface area contributed by atoms with E-state index in [-0.39, 0.29) is 10.8 Å². The Labute approximate surface area is 149 Å². The number of hydrogen-bond donors (Lipinski definition) is 2. The van der Waals surface area contributed by atoms with Gasteiger partial charge in [0, 0.05) is 24.3 Å². The molecule has 0 saturated heterocycles. The van der Waals surface area contributed by atoms with Crippen LogP contribution in [0.5, 0.6) is 0 Å². The zero-order valence-electron chi connectivity index (χ0n) is 12.6. The summed E-state index contributed by atoms with van der Waals surface area (Å²) < 4.78 is 0. The van der Waals surface area contributed by atoms with Crippen molar-refractivity contribution in [3.63, 3.8) is 0 Å². The lowest BCUT2D eigenvalue weighted by atomic mass is 10.1. The summed E-state index contributed by atoms with van der Waals surface area (Å²) in [5, 5.41) is 12.7. The van der Waals surface area contributed by atoms with Gasteiger partial charge in [-0.3, -0.25) is 4.79 Å². The maximum atomic E-state index is 12.0. The number of rotatable bonds is 7. The van der Waals surface area contributed by atoms with Crippen LogP contribution in [0.25, 0.3) is 0 Å². The molecule has 2 rings (SSSR count). The molecule has 0 aliphatic carbocycles. The van der Waals surface area contributed by atoms with Gasteiger partial charge in [-0.05, 0) is 23.8 Å². The van der Waals surface area contributed by atoms with Gasteiger partial charge in [-0.2, -0.15) is 0 Å². The van der Waals surface area contributed by atoms with Gasteiger partial charge in [0.25, 0.3) is 0 Å². The van der Waals surface area contributed by atoms with E-state index in [9.17, 15) is 14.7 Å². The molecule has 0 saturated carbocycles. The topological polar surface area (TPSA) is 66.4 Å². The van der Waals surface area contributed by atoms with E-state index in [1.165, 1.54) is 24.4 Å². The van der Waals surface area contributed by atoms with Crippen LogP contribution in [0.4, 0.5) is 0 Å². The van der Waals surface area contributed by atoms with Crippen molar-refractivity contribution in [3.8, 4) is 0 Å². The normalized spacial score (nSPS) is 12.1. The van der Waals surface area contributed by atoms with Crippen molar-refractivity contribution in [2.45, 2.75) is 12.5 Å². The van der Waals surface area contributed by atoms with Crippen LogP contribution < -0.4 is 5.32 Å². The highest BCUT2D eigenvalue weighted by Gasteiger charge is 2.16. The predicted molar refractivity (Wildman–Crippen MR) is 94.6 cm³/mol. The van der Waals surface area contributed by atoms with Crippen LogP contribution in [0, 0.1) is 0 Å². The van der Waals surface area contributed by atoms with Crippen LogP contribution in [0.1, 0.15) is 15.9 Å². The number of carbonyl (C=O) groups excluding carboxylic acids is 1. The fourth-order valence-corrected chi connectivity index (χ4v) is 2.35. The first-order chi connectivity index (χ1) is 11.5. The fraction of sp³-hybridized carbons (Fsp3) is 0.111. The molecule has 0 aliphatic heterocycles. The van der Waals surface area contributed by atoms with Crippen molar-refractivity contribution in [1.29, 1.82) is 0 Å². The van der Waals surface area contributed by atoms with Crippen LogP contribution in [0.2, 0.25) is 10.0 Å². The van der Waals surface area contributed by atoms with E-state index < -0.39 is 12.0 Å². The van der Waals surface area contributed by atoms with E-state index in [2.05, 4.69) is 5.32 Å². The van der Waals surface area contributed by atoms with E-state index in [1.54, 1.807) is 6.07 Å². The second-order valence-corrected chi connectivity index (χ2v) is 5.89. The van der Waals surface area contributed by atoms with Gasteiger partial charge >= 0.3 is 5.97 Å². The number of carboxylic acids is 1. The van der Waals surface area contributed by atoms with E-state index in [0.29, 0.717) is 17.0 Å². The average molecular weight is 364 g/mol. The molecule has 2 N–H and O–H groups in total. The van der Waals surface area contributed by atoms with Gasteiger partial charge in [0.05, 0.1) is 10.0 Å². The number of carboxylic acid groups (broad SMARTS) is 1. The van der Waals surface area contributed by atoms with Gasteiger partial charge in [0.1, 0.15) is 6.04 Å². The predicted octanol–water partition coefficient (Wildman–Crippen LogP) is 3.98. The lowest BCUT2D eigenvalue weighted by Gasteiger charge is -2.12. The summed E-state index contributed by atoms with van der Waals surface area (Å²) in [6.45, 7) is 0. The molecule has 0 spiro atoms. The quantitative estimate of drug-likeness (QED) is 0.576. The average Bonchev–Trinajstić information content (AvgIpc) is 2.57. The van der Waals surface area contributed by atoms with Crippen LogP contribution in [0.15, 0.2) is 60.8 Å². The molecule has 0 amide bonds. The number of halogens is 2. The number of benzene rings is 2. The number of aliphatic carboxylic acids is 1. The summed E-state index contributed by atoms with van der Waals surface area (Å²) in [6, 6.07) is 13.0. The van der Waals surface area contributed by atoms with E-state index in [0.717, 1.165) is 5.56 Å². The minimum atomic E-state index is -0.995. The first-order valence-electron chi connectivity index (χ1n) is 7.16. The molecule has 0 aliphatic rings. The molecule has 24 heavy (non-hydrogen) atoms. The summed E-state index contributed by atoms with van der Waals surface area (Å²) in [4.78, 5) is 23.4. The second-order valence-electron chi connectivity index (χ2n) is 5.07. The molecular formula is C18H15Cl2NO3.